The van der Waals surface area contributed by atoms with Crippen molar-refractivity contribution in [1.82, 2.24) is 4.57 Å². The molecular weight excluding hydrogens is 367 g/mol. The Morgan fingerprint density at radius 1 is 0.966 bits per heavy atom. The second kappa shape index (κ2) is 7.87. The van der Waals surface area contributed by atoms with Gasteiger partial charge in [0.1, 0.15) is 5.82 Å². The SMILES string of the molecule is Cc1ccc(F)cc1NC(=O)CCCn1c2ccccc2c(=O)c2ccccc21. The van der Waals surface area contributed by atoms with E-state index in [-0.39, 0.29) is 17.2 Å². The normalized spacial score (nSPS) is 11.1. The lowest BCUT2D eigenvalue weighted by Gasteiger charge is -2.15. The van der Waals surface area contributed by atoms with Crippen LogP contribution in [0.1, 0.15) is 18.4 Å². The summed E-state index contributed by atoms with van der Waals surface area (Å²) in [6, 6.07) is 19.4. The third kappa shape index (κ3) is 3.76. The van der Waals surface area contributed by atoms with Crippen LogP contribution >= 0.6 is 0 Å². The standard InChI is InChI=1S/C24H21FN2O2/c1-16-12-13-17(25)15-20(16)26-23(28)11-6-14-27-21-9-4-2-7-18(21)24(29)19-8-3-5-10-22(19)27/h2-5,7-10,12-13,15H,6,11,14H2,1H3,(H,26,28). The molecule has 5 heteroatoms. The van der Waals surface area contributed by atoms with Gasteiger partial charge in [-0.2, -0.15) is 0 Å². The predicted molar refractivity (Wildman–Crippen MR) is 115 cm³/mol. The lowest BCUT2D eigenvalue weighted by atomic mass is 10.1. The van der Waals surface area contributed by atoms with Crippen molar-refractivity contribution >= 4 is 33.4 Å². The van der Waals surface area contributed by atoms with E-state index in [1.807, 2.05) is 55.5 Å². The number of carbonyl (C=O) groups is 1. The lowest BCUT2D eigenvalue weighted by Crippen LogP contribution is -2.15. The monoisotopic (exact) mass is 388 g/mol. The summed E-state index contributed by atoms with van der Waals surface area (Å²) < 4.78 is 15.5. The van der Waals surface area contributed by atoms with Gasteiger partial charge in [0.2, 0.25) is 5.91 Å². The number of benzene rings is 3. The van der Waals surface area contributed by atoms with Gasteiger partial charge in [0.05, 0.1) is 11.0 Å². The van der Waals surface area contributed by atoms with Crippen LogP contribution in [0.25, 0.3) is 21.8 Å². The quantitative estimate of drug-likeness (QED) is 0.488. The highest BCUT2D eigenvalue weighted by molar-refractivity contribution is 5.93. The summed E-state index contributed by atoms with van der Waals surface area (Å²) in [6.45, 7) is 2.42. The zero-order chi connectivity index (χ0) is 20.4. The first-order valence-electron chi connectivity index (χ1n) is 9.61. The van der Waals surface area contributed by atoms with E-state index in [1.54, 1.807) is 6.07 Å². The molecular formula is C24H21FN2O2. The number of fused-ring (bicyclic) bond motifs is 2. The molecule has 0 fully saturated rings. The van der Waals surface area contributed by atoms with Crippen molar-refractivity contribution < 1.29 is 9.18 Å². The molecule has 0 aliphatic carbocycles. The molecule has 0 saturated heterocycles. The van der Waals surface area contributed by atoms with Gasteiger partial charge in [-0.3, -0.25) is 9.59 Å². The molecule has 0 saturated carbocycles. The van der Waals surface area contributed by atoms with Gasteiger partial charge >= 0.3 is 0 Å². The molecule has 1 aromatic heterocycles. The summed E-state index contributed by atoms with van der Waals surface area (Å²) in [6.07, 6.45) is 0.891. The Balaban J connectivity index is 1.57. The first kappa shape index (κ1) is 18.9. The molecule has 29 heavy (non-hydrogen) atoms. The van der Waals surface area contributed by atoms with E-state index in [0.29, 0.717) is 35.8 Å². The number of carbonyl (C=O) groups excluding carboxylic acids is 1. The Hall–Kier alpha value is -3.47. The van der Waals surface area contributed by atoms with Gasteiger partial charge in [-0.05, 0) is 55.3 Å². The molecule has 4 nitrogen and oxygen atoms in total. The smallest absolute Gasteiger partial charge is 0.224 e. The fraction of sp³-hybridized carbons (Fsp3) is 0.167. The summed E-state index contributed by atoms with van der Waals surface area (Å²) in [7, 11) is 0. The molecule has 146 valence electrons. The number of rotatable bonds is 5. The van der Waals surface area contributed by atoms with Gasteiger partial charge in [-0.1, -0.05) is 30.3 Å². The highest BCUT2D eigenvalue weighted by Crippen LogP contribution is 2.20. The number of nitrogens with zero attached hydrogens (tertiary/aromatic N) is 1. The van der Waals surface area contributed by atoms with E-state index < -0.39 is 0 Å². The van der Waals surface area contributed by atoms with Crippen LogP contribution in [0, 0.1) is 12.7 Å². The highest BCUT2D eigenvalue weighted by Gasteiger charge is 2.11. The summed E-state index contributed by atoms with van der Waals surface area (Å²) in [5, 5.41) is 4.13. The zero-order valence-electron chi connectivity index (χ0n) is 16.1. The fourth-order valence-corrected chi connectivity index (χ4v) is 3.66. The molecule has 0 aliphatic rings. The largest absolute Gasteiger partial charge is 0.340 e. The molecule has 0 radical (unpaired) electrons. The molecule has 4 aromatic rings. The fourth-order valence-electron chi connectivity index (χ4n) is 3.66. The van der Waals surface area contributed by atoms with E-state index in [9.17, 15) is 14.0 Å². The van der Waals surface area contributed by atoms with Crippen LogP contribution in [0.2, 0.25) is 0 Å². The summed E-state index contributed by atoms with van der Waals surface area (Å²) in [5.74, 6) is -0.537. The Bertz CT molecular complexity index is 1220. The first-order valence-corrected chi connectivity index (χ1v) is 9.61. The lowest BCUT2D eigenvalue weighted by molar-refractivity contribution is -0.116. The van der Waals surface area contributed by atoms with E-state index in [1.165, 1.54) is 12.1 Å². The number of halogens is 1. The number of aromatic nitrogens is 1. The molecule has 1 heterocycles. The van der Waals surface area contributed by atoms with Crippen LogP contribution in [0.3, 0.4) is 0 Å². The van der Waals surface area contributed by atoms with Crippen LogP contribution in [-0.4, -0.2) is 10.5 Å². The summed E-state index contributed by atoms with van der Waals surface area (Å²) in [4.78, 5) is 25.1. The minimum Gasteiger partial charge on any atom is -0.340 e. The zero-order valence-corrected chi connectivity index (χ0v) is 16.1. The third-order valence-corrected chi connectivity index (χ3v) is 5.14. The van der Waals surface area contributed by atoms with Crippen LogP contribution in [-0.2, 0) is 11.3 Å². The molecule has 3 aromatic carbocycles. The van der Waals surface area contributed by atoms with Crippen molar-refractivity contribution in [2.45, 2.75) is 26.3 Å². The number of anilines is 1. The Morgan fingerprint density at radius 3 is 2.24 bits per heavy atom. The van der Waals surface area contributed by atoms with Gasteiger partial charge in [0.25, 0.3) is 0 Å². The number of hydrogen-bond acceptors (Lipinski definition) is 2. The maximum Gasteiger partial charge on any atom is 0.224 e. The molecule has 1 N–H and O–H groups in total. The topological polar surface area (TPSA) is 51.1 Å². The molecule has 0 atom stereocenters. The van der Waals surface area contributed by atoms with Crippen molar-refractivity contribution in [3.05, 3.63) is 88.3 Å². The van der Waals surface area contributed by atoms with E-state index in [0.717, 1.165) is 16.6 Å². The average molecular weight is 388 g/mol. The first-order chi connectivity index (χ1) is 14.0. The average Bonchev–Trinajstić information content (AvgIpc) is 2.73. The minimum atomic E-state index is -0.378. The van der Waals surface area contributed by atoms with E-state index in [4.69, 9.17) is 0 Å². The van der Waals surface area contributed by atoms with Crippen molar-refractivity contribution in [1.29, 1.82) is 0 Å². The van der Waals surface area contributed by atoms with Crippen molar-refractivity contribution in [3.63, 3.8) is 0 Å². The Labute approximate surface area is 167 Å². The van der Waals surface area contributed by atoms with E-state index >= 15 is 0 Å². The molecule has 4 rings (SSSR count). The molecule has 1 amide bonds. The van der Waals surface area contributed by atoms with Gasteiger partial charge in [0.15, 0.2) is 5.43 Å². The maximum atomic E-state index is 13.4. The Kier molecular flexibility index (Phi) is 5.12. The highest BCUT2D eigenvalue weighted by atomic mass is 19.1. The van der Waals surface area contributed by atoms with Crippen LogP contribution in [0.4, 0.5) is 10.1 Å². The van der Waals surface area contributed by atoms with Crippen LogP contribution in [0.15, 0.2) is 71.5 Å². The van der Waals surface area contributed by atoms with Crippen molar-refractivity contribution in [2.75, 3.05) is 5.32 Å². The minimum absolute atomic E-state index is 0.0202. The summed E-state index contributed by atoms with van der Waals surface area (Å²) in [5.41, 5.74) is 3.05. The molecule has 0 spiro atoms. The van der Waals surface area contributed by atoms with Gasteiger partial charge in [0, 0.05) is 29.4 Å². The van der Waals surface area contributed by atoms with Crippen molar-refractivity contribution in [3.8, 4) is 0 Å². The Morgan fingerprint density at radius 2 is 1.59 bits per heavy atom. The predicted octanol–water partition coefficient (Wildman–Crippen LogP) is 5.02. The number of amides is 1. The van der Waals surface area contributed by atoms with Crippen LogP contribution < -0.4 is 10.7 Å². The number of aryl methyl sites for hydroxylation is 2. The second-order valence-corrected chi connectivity index (χ2v) is 7.13. The third-order valence-electron chi connectivity index (χ3n) is 5.14. The number of nitrogens with one attached hydrogen (secondary N) is 1. The molecule has 0 bridgehead atoms. The van der Waals surface area contributed by atoms with E-state index in [2.05, 4.69) is 9.88 Å². The number of para-hydroxylation sites is 2. The maximum absolute atomic E-state index is 13.4. The molecule has 0 unspecified atom stereocenters. The van der Waals surface area contributed by atoms with Gasteiger partial charge < -0.3 is 9.88 Å². The molecule has 0 aliphatic heterocycles. The number of hydrogen-bond donors (Lipinski definition) is 1. The number of pyridine rings is 1. The van der Waals surface area contributed by atoms with Crippen LogP contribution in [0.5, 0.6) is 0 Å². The van der Waals surface area contributed by atoms with Crippen molar-refractivity contribution in [2.24, 2.45) is 0 Å². The van der Waals surface area contributed by atoms with Gasteiger partial charge in [-0.15, -0.1) is 0 Å². The van der Waals surface area contributed by atoms with Gasteiger partial charge in [-0.25, -0.2) is 4.39 Å². The summed E-state index contributed by atoms with van der Waals surface area (Å²) >= 11 is 0. The second-order valence-electron chi connectivity index (χ2n) is 7.13.